The number of hydrogen-bond acceptors (Lipinski definition) is 5. The van der Waals surface area contributed by atoms with E-state index in [9.17, 15) is 18.0 Å². The predicted octanol–water partition coefficient (Wildman–Crippen LogP) is 4.32. The number of sulfonamides is 1. The molecule has 40 heavy (non-hydrogen) atoms. The van der Waals surface area contributed by atoms with E-state index in [1.54, 1.807) is 18.2 Å². The third-order valence-electron chi connectivity index (χ3n) is 6.75. The molecule has 3 rings (SSSR count). The molecular formula is C31H39N3O5S. The number of amides is 2. The van der Waals surface area contributed by atoms with Crippen LogP contribution < -0.4 is 14.4 Å². The van der Waals surface area contributed by atoms with Crippen molar-refractivity contribution >= 4 is 27.5 Å². The molecule has 0 radical (unpaired) electrons. The van der Waals surface area contributed by atoms with Gasteiger partial charge in [0.15, 0.2) is 0 Å². The summed E-state index contributed by atoms with van der Waals surface area (Å²) < 4.78 is 32.5. The number of aryl methyl sites for hydroxylation is 1. The van der Waals surface area contributed by atoms with E-state index in [4.69, 9.17) is 4.74 Å². The molecular weight excluding hydrogens is 526 g/mol. The minimum atomic E-state index is -3.89. The summed E-state index contributed by atoms with van der Waals surface area (Å²) in [4.78, 5) is 29.3. The highest BCUT2D eigenvalue weighted by Gasteiger charge is 2.34. The van der Waals surface area contributed by atoms with Gasteiger partial charge in [-0.15, -0.1) is 0 Å². The summed E-state index contributed by atoms with van der Waals surface area (Å²) in [6, 6.07) is 23.0. The van der Waals surface area contributed by atoms with Gasteiger partial charge in [-0.05, 0) is 49.1 Å². The smallest absolute Gasteiger partial charge is 0.244 e. The first kappa shape index (κ1) is 30.7. The lowest BCUT2D eigenvalue weighted by Gasteiger charge is -2.34. The van der Waals surface area contributed by atoms with Crippen molar-refractivity contribution in [1.82, 2.24) is 10.2 Å². The third-order valence-corrected chi connectivity index (χ3v) is 7.88. The third kappa shape index (κ3) is 8.32. The van der Waals surface area contributed by atoms with E-state index in [0.717, 1.165) is 33.7 Å². The van der Waals surface area contributed by atoms with Crippen LogP contribution in [0.1, 0.15) is 37.0 Å². The van der Waals surface area contributed by atoms with Crippen molar-refractivity contribution < 1.29 is 22.7 Å². The molecule has 214 valence electrons. The van der Waals surface area contributed by atoms with Gasteiger partial charge < -0.3 is 15.0 Å². The van der Waals surface area contributed by atoms with Gasteiger partial charge in [0.2, 0.25) is 21.8 Å². The first-order chi connectivity index (χ1) is 19.0. The van der Waals surface area contributed by atoms with E-state index in [2.05, 4.69) is 5.32 Å². The van der Waals surface area contributed by atoms with Gasteiger partial charge >= 0.3 is 0 Å². The van der Waals surface area contributed by atoms with E-state index in [0.29, 0.717) is 5.75 Å². The molecule has 0 unspecified atom stereocenters. The largest absolute Gasteiger partial charge is 0.495 e. The van der Waals surface area contributed by atoms with Crippen molar-refractivity contribution in [2.75, 3.05) is 24.2 Å². The van der Waals surface area contributed by atoms with Crippen LogP contribution in [0.3, 0.4) is 0 Å². The number of benzene rings is 3. The molecule has 0 saturated carbocycles. The van der Waals surface area contributed by atoms with Crippen molar-refractivity contribution in [3.05, 3.63) is 95.6 Å². The Morgan fingerprint density at radius 3 is 2.10 bits per heavy atom. The van der Waals surface area contributed by atoms with E-state index in [1.807, 2.05) is 81.4 Å². The quantitative estimate of drug-likeness (QED) is 0.333. The van der Waals surface area contributed by atoms with Crippen molar-refractivity contribution in [2.45, 2.75) is 52.2 Å². The van der Waals surface area contributed by atoms with Crippen LogP contribution in [0.25, 0.3) is 0 Å². The summed E-state index contributed by atoms with van der Waals surface area (Å²) in [7, 11) is -2.44. The van der Waals surface area contributed by atoms with Crippen LogP contribution in [-0.2, 0) is 32.6 Å². The Bertz CT molecular complexity index is 1380. The van der Waals surface area contributed by atoms with Crippen LogP contribution in [0.4, 0.5) is 5.69 Å². The lowest BCUT2D eigenvalue weighted by molar-refractivity contribution is -0.140. The summed E-state index contributed by atoms with van der Waals surface area (Å²) in [5.41, 5.74) is 2.79. The number of nitrogens with zero attached hydrogens (tertiary/aromatic N) is 2. The number of ether oxygens (including phenoxy) is 1. The Balaban J connectivity index is 2.08. The number of carbonyl (C=O) groups excluding carboxylic acids is 2. The van der Waals surface area contributed by atoms with Crippen LogP contribution in [0.15, 0.2) is 78.9 Å². The zero-order valence-corrected chi connectivity index (χ0v) is 24.6. The lowest BCUT2D eigenvalue weighted by Crippen LogP contribution is -2.54. The van der Waals surface area contributed by atoms with E-state index >= 15 is 0 Å². The van der Waals surface area contributed by atoms with Crippen molar-refractivity contribution in [3.63, 3.8) is 0 Å². The topological polar surface area (TPSA) is 96.0 Å². The number of carbonyl (C=O) groups is 2. The first-order valence-electron chi connectivity index (χ1n) is 13.3. The first-order valence-corrected chi connectivity index (χ1v) is 15.2. The fraction of sp³-hybridized carbons (Fsp3) is 0.355. The number of anilines is 1. The number of methoxy groups -OCH3 is 1. The van der Waals surface area contributed by atoms with E-state index in [1.165, 1.54) is 12.0 Å². The number of nitrogens with one attached hydrogen (secondary N) is 1. The monoisotopic (exact) mass is 565 g/mol. The van der Waals surface area contributed by atoms with Gasteiger partial charge in [-0.1, -0.05) is 73.7 Å². The van der Waals surface area contributed by atoms with Gasteiger partial charge in [0.25, 0.3) is 0 Å². The van der Waals surface area contributed by atoms with Gasteiger partial charge in [-0.25, -0.2) is 8.42 Å². The van der Waals surface area contributed by atoms with E-state index < -0.39 is 28.5 Å². The second kappa shape index (κ2) is 14.0. The molecule has 0 aromatic heterocycles. The summed E-state index contributed by atoms with van der Waals surface area (Å²) in [5, 5.41) is 3.03. The van der Waals surface area contributed by atoms with Gasteiger partial charge in [-0.2, -0.15) is 0 Å². The summed E-state index contributed by atoms with van der Waals surface area (Å²) >= 11 is 0. The maximum atomic E-state index is 14.2. The van der Waals surface area contributed by atoms with Crippen molar-refractivity contribution in [2.24, 2.45) is 0 Å². The van der Waals surface area contributed by atoms with Crippen LogP contribution in [-0.4, -0.2) is 57.1 Å². The Kier molecular flexibility index (Phi) is 10.7. The molecule has 0 aliphatic heterocycles. The Hall–Kier alpha value is -3.85. The fourth-order valence-electron chi connectivity index (χ4n) is 4.36. The molecule has 0 saturated heterocycles. The van der Waals surface area contributed by atoms with Crippen LogP contribution in [0.5, 0.6) is 5.75 Å². The average molecular weight is 566 g/mol. The van der Waals surface area contributed by atoms with Gasteiger partial charge in [0, 0.05) is 19.0 Å². The summed E-state index contributed by atoms with van der Waals surface area (Å²) in [5.74, 6) is -0.464. The highest BCUT2D eigenvalue weighted by Crippen LogP contribution is 2.31. The summed E-state index contributed by atoms with van der Waals surface area (Å²) in [6.45, 7) is 5.36. The zero-order valence-electron chi connectivity index (χ0n) is 23.8. The molecule has 3 aromatic carbocycles. The summed E-state index contributed by atoms with van der Waals surface area (Å²) in [6.07, 6.45) is 2.06. The normalized spacial score (nSPS) is 12.7. The van der Waals surface area contributed by atoms with Crippen molar-refractivity contribution in [1.29, 1.82) is 0 Å². The second-order valence-corrected chi connectivity index (χ2v) is 11.9. The average Bonchev–Trinajstić information content (AvgIpc) is 2.93. The Labute approximate surface area is 238 Å². The highest BCUT2D eigenvalue weighted by molar-refractivity contribution is 7.92. The zero-order chi connectivity index (χ0) is 29.3. The molecule has 0 heterocycles. The number of hydrogen-bond donors (Lipinski definition) is 1. The predicted molar refractivity (Wildman–Crippen MR) is 159 cm³/mol. The molecule has 2 amide bonds. The molecule has 2 atom stereocenters. The van der Waals surface area contributed by atoms with Crippen molar-refractivity contribution in [3.8, 4) is 5.75 Å². The van der Waals surface area contributed by atoms with Crippen LogP contribution in [0, 0.1) is 6.92 Å². The van der Waals surface area contributed by atoms with E-state index in [-0.39, 0.29) is 30.6 Å². The molecule has 0 spiro atoms. The Morgan fingerprint density at radius 1 is 0.950 bits per heavy atom. The maximum absolute atomic E-state index is 14.2. The van der Waals surface area contributed by atoms with Gasteiger partial charge in [0.05, 0.1) is 19.1 Å². The standard InChI is InChI=1S/C31H39N3O5S/c1-6-24(3)32-31(36)28(20-25-13-9-7-10-14-25)33(21-26-15-11-8-12-16-26)30(35)22-34(40(5,37)38)27-19-23(2)17-18-29(27)39-4/h7-19,24,28H,6,20-22H2,1-5H3,(H,32,36)/t24-,28-/m0/s1. The molecule has 0 aliphatic rings. The highest BCUT2D eigenvalue weighted by atomic mass is 32.2. The SMILES string of the molecule is CC[C@H](C)NC(=O)[C@H](Cc1ccccc1)N(Cc1ccccc1)C(=O)CN(c1cc(C)ccc1OC)S(C)(=O)=O. The maximum Gasteiger partial charge on any atom is 0.244 e. The molecule has 8 nitrogen and oxygen atoms in total. The molecule has 0 bridgehead atoms. The molecule has 0 aliphatic carbocycles. The lowest BCUT2D eigenvalue weighted by atomic mass is 10.0. The second-order valence-electron chi connectivity index (χ2n) is 9.98. The minimum absolute atomic E-state index is 0.0940. The Morgan fingerprint density at radius 2 is 1.55 bits per heavy atom. The minimum Gasteiger partial charge on any atom is -0.495 e. The van der Waals surface area contributed by atoms with Gasteiger partial charge in [0.1, 0.15) is 18.3 Å². The fourth-order valence-corrected chi connectivity index (χ4v) is 5.21. The van der Waals surface area contributed by atoms with Crippen LogP contribution >= 0.6 is 0 Å². The van der Waals surface area contributed by atoms with Crippen LogP contribution in [0.2, 0.25) is 0 Å². The number of rotatable bonds is 13. The molecule has 1 N–H and O–H groups in total. The molecule has 9 heteroatoms. The van der Waals surface area contributed by atoms with Gasteiger partial charge in [-0.3, -0.25) is 13.9 Å². The molecule has 0 fully saturated rings. The molecule has 3 aromatic rings.